The number of carbonyl (C=O) groups is 1. The highest BCUT2D eigenvalue weighted by Gasteiger charge is 2.14. The molecule has 0 N–H and O–H groups in total. The van der Waals surface area contributed by atoms with Gasteiger partial charge in [0.2, 0.25) is 5.91 Å². The Kier molecular flexibility index (Phi) is 8.41. The zero-order valence-corrected chi connectivity index (χ0v) is 15.1. The summed E-state index contributed by atoms with van der Waals surface area (Å²) in [6.07, 6.45) is 4.66. The van der Waals surface area contributed by atoms with E-state index in [1.165, 1.54) is 31.6 Å². The second kappa shape index (κ2) is 10.1. The summed E-state index contributed by atoms with van der Waals surface area (Å²) >= 11 is 0. The standard InChI is InChI=1S/C17H25N3O.C2H6/c1-4-17(21)20(5-2)16-10-8-15(9-11-16)18(3)14-19-12-6-7-13-19;1-2/h5,8-11H,2,4,6-7,12-14H2,1,3H3;1-2H3. The van der Waals surface area contributed by atoms with E-state index in [9.17, 15) is 4.79 Å². The van der Waals surface area contributed by atoms with E-state index in [4.69, 9.17) is 0 Å². The molecule has 1 aromatic rings. The Balaban J connectivity index is 0.00000127. The van der Waals surface area contributed by atoms with E-state index in [1.54, 1.807) is 11.1 Å². The van der Waals surface area contributed by atoms with Crippen LogP contribution in [0.25, 0.3) is 0 Å². The number of carbonyl (C=O) groups excluding carboxylic acids is 1. The van der Waals surface area contributed by atoms with Crippen LogP contribution in [-0.4, -0.2) is 37.6 Å². The molecule has 0 aliphatic carbocycles. The molecule has 4 nitrogen and oxygen atoms in total. The maximum atomic E-state index is 11.8. The number of hydrogen-bond acceptors (Lipinski definition) is 3. The summed E-state index contributed by atoms with van der Waals surface area (Å²) in [6.45, 7) is 12.9. The van der Waals surface area contributed by atoms with Crippen molar-refractivity contribution in [2.45, 2.75) is 40.0 Å². The van der Waals surface area contributed by atoms with E-state index in [1.807, 2.05) is 32.9 Å². The van der Waals surface area contributed by atoms with E-state index in [0.29, 0.717) is 6.42 Å². The highest BCUT2D eigenvalue weighted by molar-refractivity contribution is 5.94. The lowest BCUT2D eigenvalue weighted by atomic mass is 10.2. The van der Waals surface area contributed by atoms with Crippen molar-refractivity contribution in [1.29, 1.82) is 0 Å². The smallest absolute Gasteiger partial charge is 0.230 e. The number of likely N-dealkylation sites (tertiary alicyclic amines) is 1. The second-order valence-corrected chi connectivity index (χ2v) is 5.48. The maximum Gasteiger partial charge on any atom is 0.230 e. The van der Waals surface area contributed by atoms with E-state index in [0.717, 1.165) is 12.4 Å². The lowest BCUT2D eigenvalue weighted by Gasteiger charge is -2.26. The number of nitrogens with zero attached hydrogens (tertiary/aromatic N) is 3. The third kappa shape index (κ3) is 5.39. The highest BCUT2D eigenvalue weighted by atomic mass is 16.2. The lowest BCUT2D eigenvalue weighted by molar-refractivity contribution is -0.117. The van der Waals surface area contributed by atoms with Crippen molar-refractivity contribution < 1.29 is 4.79 Å². The van der Waals surface area contributed by atoms with Gasteiger partial charge in [-0.15, -0.1) is 0 Å². The predicted octanol–water partition coefficient (Wildman–Crippen LogP) is 4.09. The van der Waals surface area contributed by atoms with E-state index in [-0.39, 0.29) is 5.91 Å². The summed E-state index contributed by atoms with van der Waals surface area (Å²) in [5.41, 5.74) is 2.04. The van der Waals surface area contributed by atoms with E-state index < -0.39 is 0 Å². The topological polar surface area (TPSA) is 26.8 Å². The van der Waals surface area contributed by atoms with Crippen LogP contribution >= 0.6 is 0 Å². The molecule has 0 bridgehead atoms. The first-order valence-electron chi connectivity index (χ1n) is 8.64. The van der Waals surface area contributed by atoms with Crippen molar-refractivity contribution >= 4 is 17.3 Å². The normalized spacial score (nSPS) is 13.9. The van der Waals surface area contributed by atoms with Crippen LogP contribution in [0.4, 0.5) is 11.4 Å². The van der Waals surface area contributed by atoms with Crippen molar-refractivity contribution in [2.24, 2.45) is 0 Å². The zero-order valence-electron chi connectivity index (χ0n) is 15.1. The number of hydrogen-bond donors (Lipinski definition) is 0. The molecule has 1 fully saturated rings. The van der Waals surface area contributed by atoms with Gasteiger partial charge >= 0.3 is 0 Å². The van der Waals surface area contributed by atoms with Gasteiger partial charge in [0.1, 0.15) is 0 Å². The van der Waals surface area contributed by atoms with Crippen LogP contribution in [0.5, 0.6) is 0 Å². The fourth-order valence-corrected chi connectivity index (χ4v) is 2.69. The zero-order chi connectivity index (χ0) is 17.2. The number of benzene rings is 1. The van der Waals surface area contributed by atoms with E-state index in [2.05, 4.69) is 35.6 Å². The molecule has 1 aliphatic rings. The predicted molar refractivity (Wildman–Crippen MR) is 99.8 cm³/mol. The van der Waals surface area contributed by atoms with Gasteiger partial charge in [-0.1, -0.05) is 27.4 Å². The Morgan fingerprint density at radius 3 is 2.17 bits per heavy atom. The van der Waals surface area contributed by atoms with Gasteiger partial charge in [0, 0.05) is 31.0 Å². The molecule has 23 heavy (non-hydrogen) atoms. The van der Waals surface area contributed by atoms with Crippen LogP contribution in [0.3, 0.4) is 0 Å². The molecule has 0 aromatic heterocycles. The molecule has 128 valence electrons. The minimum atomic E-state index is 0.0585. The summed E-state index contributed by atoms with van der Waals surface area (Å²) < 4.78 is 0. The highest BCUT2D eigenvalue weighted by Crippen LogP contribution is 2.21. The third-order valence-corrected chi connectivity index (χ3v) is 3.93. The SMILES string of the molecule is C=CN(C(=O)CC)c1ccc(N(C)CN2CCCC2)cc1.CC. The van der Waals surface area contributed by atoms with Gasteiger partial charge in [-0.3, -0.25) is 14.6 Å². The molecule has 1 aromatic carbocycles. The molecular formula is C19H31N3O. The number of amides is 1. The Labute approximate surface area is 141 Å². The summed E-state index contributed by atoms with van der Waals surface area (Å²) in [6, 6.07) is 8.08. The van der Waals surface area contributed by atoms with Gasteiger partial charge in [-0.25, -0.2) is 0 Å². The van der Waals surface area contributed by atoms with Crippen molar-refractivity contribution in [3.63, 3.8) is 0 Å². The van der Waals surface area contributed by atoms with Crippen LogP contribution < -0.4 is 9.80 Å². The Morgan fingerprint density at radius 2 is 1.70 bits per heavy atom. The average Bonchev–Trinajstić information content (AvgIpc) is 3.10. The summed E-state index contributed by atoms with van der Waals surface area (Å²) in [5, 5.41) is 0. The molecule has 4 heteroatoms. The summed E-state index contributed by atoms with van der Waals surface area (Å²) in [7, 11) is 2.11. The molecule has 0 saturated carbocycles. The number of anilines is 2. The van der Waals surface area contributed by atoms with Crippen LogP contribution in [-0.2, 0) is 4.79 Å². The third-order valence-electron chi connectivity index (χ3n) is 3.93. The van der Waals surface area contributed by atoms with Crippen LogP contribution in [0, 0.1) is 0 Å². The second-order valence-electron chi connectivity index (χ2n) is 5.48. The van der Waals surface area contributed by atoms with Gasteiger partial charge in [0.05, 0.1) is 6.67 Å². The van der Waals surface area contributed by atoms with E-state index >= 15 is 0 Å². The summed E-state index contributed by atoms with van der Waals surface area (Å²) in [4.78, 5) is 18.1. The van der Waals surface area contributed by atoms with Gasteiger partial charge in [-0.05, 0) is 50.2 Å². The molecule has 1 amide bonds. The van der Waals surface area contributed by atoms with Crippen LogP contribution in [0.15, 0.2) is 37.0 Å². The molecule has 1 heterocycles. The Morgan fingerprint density at radius 1 is 1.17 bits per heavy atom. The molecule has 1 aliphatic heterocycles. The first-order chi connectivity index (χ1) is 11.2. The summed E-state index contributed by atoms with van der Waals surface area (Å²) in [5.74, 6) is 0.0585. The molecular weight excluding hydrogens is 286 g/mol. The average molecular weight is 317 g/mol. The van der Waals surface area contributed by atoms with Gasteiger partial charge in [0.25, 0.3) is 0 Å². The van der Waals surface area contributed by atoms with Gasteiger partial charge < -0.3 is 4.90 Å². The number of rotatable bonds is 6. The molecule has 1 saturated heterocycles. The van der Waals surface area contributed by atoms with Crippen LogP contribution in [0.2, 0.25) is 0 Å². The molecule has 0 radical (unpaired) electrons. The maximum absolute atomic E-state index is 11.8. The fraction of sp³-hybridized carbons (Fsp3) is 0.526. The monoisotopic (exact) mass is 317 g/mol. The lowest BCUT2D eigenvalue weighted by Crippen LogP contribution is -2.33. The minimum absolute atomic E-state index is 0.0585. The Bertz CT molecular complexity index is 478. The molecule has 0 spiro atoms. The molecule has 2 rings (SSSR count). The Hall–Kier alpha value is -1.81. The van der Waals surface area contributed by atoms with Crippen molar-refractivity contribution in [3.05, 3.63) is 37.0 Å². The van der Waals surface area contributed by atoms with Crippen molar-refractivity contribution in [1.82, 2.24) is 4.90 Å². The van der Waals surface area contributed by atoms with Gasteiger partial charge in [0.15, 0.2) is 0 Å². The largest absolute Gasteiger partial charge is 0.362 e. The first kappa shape index (κ1) is 19.2. The quantitative estimate of drug-likeness (QED) is 0.790. The molecule has 0 unspecified atom stereocenters. The fourth-order valence-electron chi connectivity index (χ4n) is 2.69. The van der Waals surface area contributed by atoms with Crippen molar-refractivity contribution in [3.8, 4) is 0 Å². The molecule has 0 atom stereocenters. The van der Waals surface area contributed by atoms with Gasteiger partial charge in [-0.2, -0.15) is 0 Å². The van der Waals surface area contributed by atoms with Crippen LogP contribution in [0.1, 0.15) is 40.0 Å². The van der Waals surface area contributed by atoms with Crippen molar-refractivity contribution in [2.75, 3.05) is 36.6 Å². The minimum Gasteiger partial charge on any atom is -0.362 e. The first-order valence-corrected chi connectivity index (χ1v) is 8.64.